The van der Waals surface area contributed by atoms with Gasteiger partial charge in [0.15, 0.2) is 0 Å². The molecule has 0 aromatic heterocycles. The number of aliphatic hydroxyl groups is 1. The molecule has 1 heterocycles. The number of ketones is 3. The summed E-state index contributed by atoms with van der Waals surface area (Å²) in [5.74, 6) is 0.351. The first-order valence-electron chi connectivity index (χ1n) is 10.1. The van der Waals surface area contributed by atoms with Gasteiger partial charge < -0.3 is 19.9 Å². The first-order valence-corrected chi connectivity index (χ1v) is 10.1. The summed E-state index contributed by atoms with van der Waals surface area (Å²) in [6.07, 6.45) is 0. The summed E-state index contributed by atoms with van der Waals surface area (Å²) in [6, 6.07) is 0. The molecule has 0 spiro atoms. The van der Waals surface area contributed by atoms with E-state index >= 15 is 0 Å². The Bertz CT molecular complexity index is 510. The molecule has 10 nitrogen and oxygen atoms in total. The molecule has 0 aliphatic carbocycles. The largest absolute Gasteiger partial charge is 2.00 e. The van der Waals surface area contributed by atoms with E-state index in [9.17, 15) is 19.5 Å². The van der Waals surface area contributed by atoms with Gasteiger partial charge in [-0.05, 0) is 20.8 Å². The van der Waals surface area contributed by atoms with Crippen molar-refractivity contribution in [1.29, 1.82) is 0 Å². The van der Waals surface area contributed by atoms with Crippen molar-refractivity contribution < 1.29 is 91.6 Å². The summed E-state index contributed by atoms with van der Waals surface area (Å²) in [4.78, 5) is 51.5. The summed E-state index contributed by atoms with van der Waals surface area (Å²) in [5.41, 5.74) is 0. The molecule has 0 saturated carbocycles. The van der Waals surface area contributed by atoms with E-state index in [1.807, 2.05) is 0 Å². The third-order valence-corrected chi connectivity index (χ3v) is 4.61. The van der Waals surface area contributed by atoms with Crippen molar-refractivity contribution in [3.8, 4) is 0 Å². The Morgan fingerprint density at radius 3 is 1.12 bits per heavy atom. The number of hydrogen-bond acceptors (Lipinski definition) is 9. The number of carbonyl (C=O) groups is 3. The average molecular weight is 905 g/mol. The van der Waals surface area contributed by atoms with Crippen LogP contribution in [0.4, 0.5) is 0 Å². The molecule has 1 rings (SSSR count). The van der Waals surface area contributed by atoms with Crippen LogP contribution >= 0.6 is 0 Å². The molecule has 0 unspecified atom stereocenters. The third kappa shape index (κ3) is 21.0. The second-order valence-corrected chi connectivity index (χ2v) is 7.51. The van der Waals surface area contributed by atoms with Crippen molar-refractivity contribution in [2.75, 3.05) is 78.5 Å². The zero-order chi connectivity index (χ0) is 22.9. The van der Waals surface area contributed by atoms with Gasteiger partial charge in [-0.15, -0.1) is 6.54 Å². The third-order valence-electron chi connectivity index (χ3n) is 4.61. The Labute approximate surface area is 239 Å². The maximum Gasteiger partial charge on any atom is 2.00 e. The van der Waals surface area contributed by atoms with Gasteiger partial charge >= 0.3 is 31.1 Å². The molecular formula is C20H36N4O6U2. The molecule has 0 radical (unpaired) electrons. The van der Waals surface area contributed by atoms with Gasteiger partial charge in [0.05, 0.1) is 19.6 Å². The Hall–Kier alpha value is 0.384. The van der Waals surface area contributed by atoms with Crippen molar-refractivity contribution >= 4 is 23.8 Å². The topological polar surface area (TPSA) is 122 Å². The summed E-state index contributed by atoms with van der Waals surface area (Å²) in [6.45, 7) is 13.7. The van der Waals surface area contributed by atoms with Crippen LogP contribution in [0.25, 0.3) is 0 Å². The van der Waals surface area contributed by atoms with Gasteiger partial charge in [-0.3, -0.25) is 29.1 Å². The number of nitrogens with zero attached hydrogens (tertiary/aromatic N) is 4. The molecule has 32 heavy (non-hydrogen) atoms. The molecule has 180 valence electrons. The van der Waals surface area contributed by atoms with Gasteiger partial charge in [0.25, 0.3) is 0 Å². The Morgan fingerprint density at radius 2 is 0.938 bits per heavy atom. The van der Waals surface area contributed by atoms with E-state index in [1.165, 1.54) is 0 Å². The van der Waals surface area contributed by atoms with E-state index in [0.717, 1.165) is 19.7 Å². The predicted octanol–water partition coefficient (Wildman–Crippen LogP) is -0.879. The van der Waals surface area contributed by atoms with E-state index in [4.69, 9.17) is 9.90 Å². The number of hydrogen-bond donors (Lipinski definition) is 2. The van der Waals surface area contributed by atoms with E-state index in [-0.39, 0.29) is 79.6 Å². The molecule has 0 atom stereocenters. The standard InChI is InChI=1S/C19H35N4O4.CHO2.2U/c1-17(25)14-21-6-4-20(12-13-24)5-7-22(15-18(2)26)9-11-23(10-8-21)16-19(3)27;2-1-3;;/h13,24H,4-12,14-16H2,1-3H3;(H,2,3);;/q2*-1;;+2. The minimum absolute atomic E-state index is 0. The second kappa shape index (κ2) is 23.1. The summed E-state index contributed by atoms with van der Waals surface area (Å²) in [7, 11) is 0. The maximum absolute atomic E-state index is 11.6. The molecule has 12 heteroatoms. The fourth-order valence-corrected chi connectivity index (χ4v) is 3.30. The second-order valence-electron chi connectivity index (χ2n) is 7.51. The van der Waals surface area contributed by atoms with E-state index in [2.05, 4.69) is 19.6 Å². The van der Waals surface area contributed by atoms with Crippen molar-refractivity contribution in [2.45, 2.75) is 20.8 Å². The van der Waals surface area contributed by atoms with Gasteiger partial charge in [0.1, 0.15) is 17.3 Å². The molecule has 1 aliphatic rings. The minimum atomic E-state index is 0. The SMILES string of the molecule is CC(=O)CN1CCN(C[CH-]O)CCN(CC(C)=O)CCN(CC(C)=O)CC1.O=[C-]O.[U+2].[U]. The van der Waals surface area contributed by atoms with E-state index in [1.54, 1.807) is 20.8 Å². The molecule has 1 aliphatic heterocycles. The van der Waals surface area contributed by atoms with Crippen LogP contribution in [0.3, 0.4) is 0 Å². The molecule has 0 aromatic rings. The van der Waals surface area contributed by atoms with Crippen molar-refractivity contribution in [3.05, 3.63) is 6.61 Å². The molecule has 2 N–H and O–H groups in total. The molecular weight excluding hydrogens is 868 g/mol. The van der Waals surface area contributed by atoms with Gasteiger partial charge in [0, 0.05) is 83.5 Å². The quantitative estimate of drug-likeness (QED) is 0.298. The zero-order valence-corrected chi connectivity index (χ0v) is 27.7. The molecule has 1 fully saturated rings. The minimum Gasteiger partial charge on any atom is -0.665 e. The fourth-order valence-electron chi connectivity index (χ4n) is 3.30. The van der Waals surface area contributed by atoms with Crippen LogP contribution in [0.15, 0.2) is 0 Å². The molecule has 0 amide bonds. The zero-order valence-electron chi connectivity index (χ0n) is 19.4. The number of rotatable bonds is 8. The van der Waals surface area contributed by atoms with Crippen molar-refractivity contribution in [3.63, 3.8) is 0 Å². The summed E-state index contributed by atoms with van der Waals surface area (Å²) in [5, 5.41) is 16.0. The van der Waals surface area contributed by atoms with Crippen molar-refractivity contribution in [2.24, 2.45) is 0 Å². The normalized spacial score (nSPS) is 17.2. The smallest absolute Gasteiger partial charge is 0.665 e. The predicted molar refractivity (Wildman–Crippen MR) is 112 cm³/mol. The van der Waals surface area contributed by atoms with Crippen LogP contribution in [0.5, 0.6) is 0 Å². The van der Waals surface area contributed by atoms with Gasteiger partial charge in [0.2, 0.25) is 0 Å². The molecule has 1 saturated heterocycles. The average Bonchev–Trinajstić information content (AvgIpc) is 2.63. The van der Waals surface area contributed by atoms with Gasteiger partial charge in [-0.25, -0.2) is 6.61 Å². The monoisotopic (exact) mass is 904 g/mol. The first kappa shape index (κ1) is 36.9. The Kier molecular flexibility index (Phi) is 26.7. The van der Waals surface area contributed by atoms with E-state index < -0.39 is 0 Å². The molecule has 0 bridgehead atoms. The summed E-state index contributed by atoms with van der Waals surface area (Å²) >= 11 is 0. The van der Waals surface area contributed by atoms with E-state index in [0.29, 0.717) is 71.9 Å². The number of carbonyl (C=O) groups excluding carboxylic acids is 3. The van der Waals surface area contributed by atoms with Crippen LogP contribution in [0, 0.1) is 68.8 Å². The maximum atomic E-state index is 11.6. The number of aliphatic hydroxyl groups excluding tert-OH is 2. The first-order chi connectivity index (χ1) is 14.2. The molecule has 0 aromatic carbocycles. The van der Waals surface area contributed by atoms with Crippen molar-refractivity contribution in [1.82, 2.24) is 19.6 Å². The van der Waals surface area contributed by atoms with Gasteiger partial charge in [-0.2, -0.15) is 0 Å². The Balaban J connectivity index is -0.00000159. The van der Waals surface area contributed by atoms with Crippen LogP contribution in [0.2, 0.25) is 0 Å². The summed E-state index contributed by atoms with van der Waals surface area (Å²) < 4.78 is 0. The fraction of sp³-hybridized carbons (Fsp3) is 0.750. The van der Waals surface area contributed by atoms with Crippen LogP contribution in [0.1, 0.15) is 20.8 Å². The van der Waals surface area contributed by atoms with Gasteiger partial charge in [-0.1, -0.05) is 6.47 Å². The van der Waals surface area contributed by atoms with Crippen LogP contribution < -0.4 is 0 Å². The number of Topliss-reactive ketones (excluding diaryl/α,β-unsaturated/α-hetero) is 3. The van der Waals surface area contributed by atoms with Crippen LogP contribution in [-0.2, 0) is 19.2 Å². The van der Waals surface area contributed by atoms with Crippen LogP contribution in [-0.4, -0.2) is 132 Å². The Morgan fingerprint density at radius 1 is 0.719 bits per heavy atom.